The van der Waals surface area contributed by atoms with Crippen molar-refractivity contribution in [3.05, 3.63) is 0 Å². The highest BCUT2D eigenvalue weighted by Gasteiger charge is 2.32. The summed E-state index contributed by atoms with van der Waals surface area (Å²) in [5.41, 5.74) is -1.12. The molecule has 0 unspecified atom stereocenters. The summed E-state index contributed by atoms with van der Waals surface area (Å²) in [6, 6.07) is 0. The molecule has 0 aliphatic rings. The van der Waals surface area contributed by atoms with E-state index in [9.17, 15) is 14.4 Å². The molecular weight excluding hydrogens is 236 g/mol. The molecule has 0 spiro atoms. The maximum atomic E-state index is 11.9. The Bertz CT molecular complexity index is 337. The van der Waals surface area contributed by atoms with Gasteiger partial charge in [-0.15, -0.1) is 0 Å². The van der Waals surface area contributed by atoms with Gasteiger partial charge in [-0.3, -0.25) is 14.4 Å². The van der Waals surface area contributed by atoms with E-state index < -0.39 is 11.4 Å². The maximum Gasteiger partial charge on any atom is 0.309 e. The first-order chi connectivity index (χ1) is 8.11. The molecule has 0 bridgehead atoms. The molecule has 0 atom stereocenters. The molecule has 0 heterocycles. The second-order valence-corrected chi connectivity index (χ2v) is 5.06. The van der Waals surface area contributed by atoms with Crippen LogP contribution in [0, 0.1) is 5.41 Å². The number of nitrogens with zero attached hydrogens (tertiary/aromatic N) is 2. The van der Waals surface area contributed by atoms with E-state index in [4.69, 9.17) is 5.11 Å². The highest BCUT2D eigenvalue weighted by molar-refractivity contribution is 5.87. The van der Waals surface area contributed by atoms with E-state index in [0.717, 1.165) is 0 Å². The van der Waals surface area contributed by atoms with E-state index in [1.54, 1.807) is 21.0 Å². The van der Waals surface area contributed by atoms with Crippen LogP contribution in [0.4, 0.5) is 0 Å². The standard InChI is InChI=1S/C12H22N2O4/c1-6-14(8-10(16)13(4)5)9(15)7-12(2,3)11(17)18/h6-8H2,1-5H3,(H,17,18). The molecule has 6 nitrogen and oxygen atoms in total. The minimum Gasteiger partial charge on any atom is -0.481 e. The summed E-state index contributed by atoms with van der Waals surface area (Å²) in [4.78, 5) is 37.2. The van der Waals surface area contributed by atoms with Crippen LogP contribution in [0.1, 0.15) is 27.2 Å². The van der Waals surface area contributed by atoms with E-state index >= 15 is 0 Å². The van der Waals surface area contributed by atoms with Gasteiger partial charge in [0.2, 0.25) is 11.8 Å². The summed E-state index contributed by atoms with van der Waals surface area (Å²) in [7, 11) is 3.23. The van der Waals surface area contributed by atoms with Gasteiger partial charge in [-0.2, -0.15) is 0 Å². The van der Waals surface area contributed by atoms with Crippen molar-refractivity contribution in [3.8, 4) is 0 Å². The van der Waals surface area contributed by atoms with Crippen molar-refractivity contribution in [2.24, 2.45) is 5.41 Å². The lowest BCUT2D eigenvalue weighted by molar-refractivity contribution is -0.152. The minimum atomic E-state index is -1.12. The summed E-state index contributed by atoms with van der Waals surface area (Å²) < 4.78 is 0. The molecule has 2 amide bonds. The zero-order chi connectivity index (χ0) is 14.5. The van der Waals surface area contributed by atoms with Gasteiger partial charge in [0.1, 0.15) is 0 Å². The molecular formula is C12H22N2O4. The predicted octanol–water partition coefficient (Wildman–Crippen LogP) is 0.424. The molecule has 0 aliphatic carbocycles. The van der Waals surface area contributed by atoms with Gasteiger partial charge in [0.25, 0.3) is 0 Å². The second-order valence-electron chi connectivity index (χ2n) is 5.06. The fraction of sp³-hybridized carbons (Fsp3) is 0.750. The van der Waals surface area contributed by atoms with Crippen LogP contribution in [-0.4, -0.2) is 59.9 Å². The molecule has 1 N–H and O–H groups in total. The van der Waals surface area contributed by atoms with Crippen molar-refractivity contribution in [2.45, 2.75) is 27.2 Å². The number of carboxylic acids is 1. The summed E-state index contributed by atoms with van der Waals surface area (Å²) in [5.74, 6) is -1.52. The number of aliphatic carboxylic acids is 1. The first-order valence-corrected chi connectivity index (χ1v) is 5.83. The Morgan fingerprint density at radius 2 is 1.61 bits per heavy atom. The topological polar surface area (TPSA) is 77.9 Å². The van der Waals surface area contributed by atoms with Crippen LogP contribution < -0.4 is 0 Å². The lowest BCUT2D eigenvalue weighted by atomic mass is 9.89. The Morgan fingerprint density at radius 3 is 1.94 bits per heavy atom. The summed E-state index contributed by atoms with van der Waals surface area (Å²) in [5, 5.41) is 8.97. The molecule has 0 aromatic carbocycles. The third kappa shape index (κ3) is 4.73. The van der Waals surface area contributed by atoms with Gasteiger partial charge < -0.3 is 14.9 Å². The summed E-state index contributed by atoms with van der Waals surface area (Å²) in [6.45, 7) is 5.12. The number of rotatable bonds is 6. The quantitative estimate of drug-likeness (QED) is 0.749. The van der Waals surface area contributed by atoms with Crippen LogP contribution in [0.15, 0.2) is 0 Å². The average molecular weight is 258 g/mol. The molecule has 0 radical (unpaired) electrons. The zero-order valence-electron chi connectivity index (χ0n) is 11.7. The summed E-state index contributed by atoms with van der Waals surface area (Å²) >= 11 is 0. The first kappa shape index (κ1) is 16.4. The van der Waals surface area contributed by atoms with Crippen molar-refractivity contribution in [3.63, 3.8) is 0 Å². The molecule has 0 aromatic heterocycles. The van der Waals surface area contributed by atoms with Gasteiger partial charge in [-0.1, -0.05) is 0 Å². The largest absolute Gasteiger partial charge is 0.481 e. The number of amides is 2. The van der Waals surface area contributed by atoms with Gasteiger partial charge in [0, 0.05) is 27.1 Å². The number of likely N-dealkylation sites (N-methyl/N-ethyl adjacent to an activating group) is 2. The Balaban J connectivity index is 4.64. The van der Waals surface area contributed by atoms with Crippen LogP contribution in [0.5, 0.6) is 0 Å². The molecule has 0 aliphatic heterocycles. The van der Waals surface area contributed by atoms with E-state index in [0.29, 0.717) is 6.54 Å². The highest BCUT2D eigenvalue weighted by Crippen LogP contribution is 2.21. The zero-order valence-corrected chi connectivity index (χ0v) is 11.7. The lowest BCUT2D eigenvalue weighted by Crippen LogP contribution is -2.42. The minimum absolute atomic E-state index is 0.0158. The fourth-order valence-corrected chi connectivity index (χ4v) is 1.25. The Kier molecular flexibility index (Phi) is 5.81. The van der Waals surface area contributed by atoms with Crippen LogP contribution >= 0.6 is 0 Å². The van der Waals surface area contributed by atoms with Gasteiger partial charge in [-0.25, -0.2) is 0 Å². The normalized spacial score (nSPS) is 10.9. The van der Waals surface area contributed by atoms with E-state index in [2.05, 4.69) is 0 Å². The highest BCUT2D eigenvalue weighted by atomic mass is 16.4. The smallest absolute Gasteiger partial charge is 0.309 e. The van der Waals surface area contributed by atoms with Crippen molar-refractivity contribution in [1.29, 1.82) is 0 Å². The third-order valence-corrected chi connectivity index (χ3v) is 2.73. The van der Waals surface area contributed by atoms with Gasteiger partial charge >= 0.3 is 5.97 Å². The Morgan fingerprint density at radius 1 is 1.11 bits per heavy atom. The van der Waals surface area contributed by atoms with Gasteiger partial charge in [0.05, 0.1) is 12.0 Å². The number of carbonyl (C=O) groups excluding carboxylic acids is 2. The van der Waals surface area contributed by atoms with E-state index in [1.165, 1.54) is 23.6 Å². The molecule has 6 heteroatoms. The molecule has 0 aromatic rings. The third-order valence-electron chi connectivity index (χ3n) is 2.73. The molecule has 18 heavy (non-hydrogen) atoms. The number of carboxylic acid groups (broad SMARTS) is 1. The van der Waals surface area contributed by atoms with Crippen LogP contribution in [0.2, 0.25) is 0 Å². The predicted molar refractivity (Wildman–Crippen MR) is 67.0 cm³/mol. The molecule has 0 fully saturated rings. The Hall–Kier alpha value is -1.59. The maximum absolute atomic E-state index is 11.9. The van der Waals surface area contributed by atoms with E-state index in [1.807, 2.05) is 0 Å². The van der Waals surface area contributed by atoms with Crippen LogP contribution in [0.25, 0.3) is 0 Å². The van der Waals surface area contributed by atoms with Gasteiger partial charge in [0.15, 0.2) is 0 Å². The van der Waals surface area contributed by atoms with Crippen LogP contribution in [-0.2, 0) is 14.4 Å². The number of hydrogen-bond donors (Lipinski definition) is 1. The van der Waals surface area contributed by atoms with Crippen molar-refractivity contribution in [2.75, 3.05) is 27.2 Å². The van der Waals surface area contributed by atoms with E-state index in [-0.39, 0.29) is 24.8 Å². The molecule has 0 saturated carbocycles. The summed E-state index contributed by atoms with van der Waals surface area (Å²) in [6.07, 6.45) is -0.114. The van der Waals surface area contributed by atoms with Crippen molar-refractivity contribution >= 4 is 17.8 Å². The van der Waals surface area contributed by atoms with Crippen molar-refractivity contribution < 1.29 is 19.5 Å². The van der Waals surface area contributed by atoms with Crippen LogP contribution in [0.3, 0.4) is 0 Å². The fourth-order valence-electron chi connectivity index (χ4n) is 1.25. The number of carbonyl (C=O) groups is 3. The molecule has 0 saturated heterocycles. The number of hydrogen-bond acceptors (Lipinski definition) is 3. The monoisotopic (exact) mass is 258 g/mol. The average Bonchev–Trinajstić information content (AvgIpc) is 2.24. The SMILES string of the molecule is CCN(CC(=O)N(C)C)C(=O)CC(C)(C)C(=O)O. The molecule has 0 rings (SSSR count). The first-order valence-electron chi connectivity index (χ1n) is 5.83. The van der Waals surface area contributed by atoms with Gasteiger partial charge in [-0.05, 0) is 20.8 Å². The van der Waals surface area contributed by atoms with Crippen molar-refractivity contribution in [1.82, 2.24) is 9.80 Å². The second kappa shape index (κ2) is 6.37. The lowest BCUT2D eigenvalue weighted by Gasteiger charge is -2.26. The molecule has 104 valence electrons. The Labute approximate surface area is 108 Å².